The van der Waals surface area contributed by atoms with Gasteiger partial charge in [-0.2, -0.15) is 0 Å². The molecule has 2 N–H and O–H groups in total. The van der Waals surface area contributed by atoms with Gasteiger partial charge >= 0.3 is 12.0 Å². The van der Waals surface area contributed by atoms with Crippen LogP contribution in [0.1, 0.15) is 24.5 Å². The van der Waals surface area contributed by atoms with Crippen LogP contribution in [-0.2, 0) is 27.3 Å². The molecule has 0 saturated carbocycles. The largest absolute Gasteiger partial charge is 0.496 e. The molecule has 3 amide bonds. The third kappa shape index (κ3) is 6.75. The number of hydrogen-bond donors (Lipinski definition) is 2. The van der Waals surface area contributed by atoms with Gasteiger partial charge in [0.15, 0.2) is 6.10 Å². The highest BCUT2D eigenvalue weighted by Crippen LogP contribution is 2.19. The molecule has 0 aliphatic rings. The van der Waals surface area contributed by atoms with Crippen LogP contribution in [0.25, 0.3) is 0 Å². The average Bonchev–Trinajstić information content (AvgIpc) is 2.71. The standard InChI is InChI=1S/C21H24N2O5/c1-15(20(25)23-21(26)22-14-16-8-4-3-5-9-16)28-19(24)13-12-17-10-6-7-11-18(17)27-2/h3-11,15H,12-14H2,1-2H3,(H2,22,23,25,26)/t15-/m0/s1. The summed E-state index contributed by atoms with van der Waals surface area (Å²) in [7, 11) is 1.56. The molecule has 0 unspecified atom stereocenters. The molecule has 0 aromatic heterocycles. The molecule has 0 bridgehead atoms. The molecule has 0 aliphatic heterocycles. The summed E-state index contributed by atoms with van der Waals surface area (Å²) in [6.07, 6.45) is -0.555. The molecule has 0 spiro atoms. The normalized spacial score (nSPS) is 11.2. The molecule has 0 saturated heterocycles. The van der Waals surface area contributed by atoms with E-state index < -0.39 is 24.0 Å². The molecule has 7 heteroatoms. The molecule has 2 aromatic carbocycles. The van der Waals surface area contributed by atoms with E-state index in [2.05, 4.69) is 10.6 Å². The van der Waals surface area contributed by atoms with Gasteiger partial charge in [0, 0.05) is 13.0 Å². The van der Waals surface area contributed by atoms with Crippen molar-refractivity contribution in [1.29, 1.82) is 0 Å². The van der Waals surface area contributed by atoms with Gasteiger partial charge in [-0.25, -0.2) is 4.79 Å². The highest BCUT2D eigenvalue weighted by Gasteiger charge is 2.20. The molecule has 28 heavy (non-hydrogen) atoms. The first-order valence-electron chi connectivity index (χ1n) is 8.93. The Labute approximate surface area is 164 Å². The fraction of sp³-hybridized carbons (Fsp3) is 0.286. The van der Waals surface area contributed by atoms with Crippen LogP contribution in [0.15, 0.2) is 54.6 Å². The first-order chi connectivity index (χ1) is 13.5. The zero-order chi connectivity index (χ0) is 20.4. The van der Waals surface area contributed by atoms with Crippen LogP contribution in [0.2, 0.25) is 0 Å². The number of carbonyl (C=O) groups excluding carboxylic acids is 3. The minimum atomic E-state index is -1.08. The van der Waals surface area contributed by atoms with E-state index in [0.717, 1.165) is 11.1 Å². The Morgan fingerprint density at radius 2 is 1.68 bits per heavy atom. The molecule has 1 atom stereocenters. The SMILES string of the molecule is COc1ccccc1CCC(=O)O[C@@H](C)C(=O)NC(=O)NCc1ccccc1. The fourth-order valence-electron chi connectivity index (χ4n) is 2.49. The van der Waals surface area contributed by atoms with Crippen molar-refractivity contribution in [2.45, 2.75) is 32.4 Å². The van der Waals surface area contributed by atoms with Crippen molar-refractivity contribution >= 4 is 17.9 Å². The number of esters is 1. The summed E-state index contributed by atoms with van der Waals surface area (Å²) >= 11 is 0. The third-order valence-corrected chi connectivity index (χ3v) is 4.00. The van der Waals surface area contributed by atoms with Crippen molar-refractivity contribution in [3.63, 3.8) is 0 Å². The van der Waals surface area contributed by atoms with Crippen molar-refractivity contribution in [1.82, 2.24) is 10.6 Å². The lowest BCUT2D eigenvalue weighted by Gasteiger charge is -2.14. The zero-order valence-electron chi connectivity index (χ0n) is 15.9. The topological polar surface area (TPSA) is 93.7 Å². The number of aryl methyl sites for hydroxylation is 1. The maximum Gasteiger partial charge on any atom is 0.321 e. The van der Waals surface area contributed by atoms with Gasteiger partial charge in [-0.1, -0.05) is 48.5 Å². The Hall–Kier alpha value is -3.35. The Bertz CT molecular complexity index is 807. The number of carbonyl (C=O) groups is 3. The third-order valence-electron chi connectivity index (χ3n) is 4.00. The Balaban J connectivity index is 1.73. The van der Waals surface area contributed by atoms with E-state index >= 15 is 0 Å². The predicted octanol–water partition coefficient (Wildman–Crippen LogP) is 2.59. The van der Waals surface area contributed by atoms with E-state index in [4.69, 9.17) is 9.47 Å². The highest BCUT2D eigenvalue weighted by molar-refractivity contribution is 5.97. The summed E-state index contributed by atoms with van der Waals surface area (Å²) in [5.41, 5.74) is 1.78. The number of para-hydroxylation sites is 1. The van der Waals surface area contributed by atoms with Crippen LogP contribution in [0.5, 0.6) is 5.75 Å². The molecule has 2 rings (SSSR count). The van der Waals surface area contributed by atoms with E-state index in [1.54, 1.807) is 7.11 Å². The number of imide groups is 1. The maximum absolute atomic E-state index is 12.0. The predicted molar refractivity (Wildman–Crippen MR) is 104 cm³/mol. The highest BCUT2D eigenvalue weighted by atomic mass is 16.5. The second-order valence-electron chi connectivity index (χ2n) is 6.10. The van der Waals surface area contributed by atoms with E-state index in [-0.39, 0.29) is 13.0 Å². The van der Waals surface area contributed by atoms with Crippen molar-refractivity contribution in [3.05, 3.63) is 65.7 Å². The van der Waals surface area contributed by atoms with Gasteiger partial charge < -0.3 is 14.8 Å². The first kappa shape index (κ1) is 21.0. The molecule has 0 radical (unpaired) electrons. The summed E-state index contributed by atoms with van der Waals surface area (Å²) in [5.74, 6) is -0.523. The lowest BCUT2D eigenvalue weighted by Crippen LogP contribution is -2.44. The van der Waals surface area contributed by atoms with Crippen molar-refractivity contribution < 1.29 is 23.9 Å². The Kier molecular flexibility index (Phi) is 8.02. The Morgan fingerprint density at radius 1 is 1.00 bits per heavy atom. The lowest BCUT2D eigenvalue weighted by atomic mass is 10.1. The molecular weight excluding hydrogens is 360 g/mol. The van der Waals surface area contributed by atoms with E-state index in [9.17, 15) is 14.4 Å². The summed E-state index contributed by atoms with van der Waals surface area (Å²) in [6.45, 7) is 1.70. The van der Waals surface area contributed by atoms with Gasteiger partial charge in [-0.3, -0.25) is 14.9 Å². The van der Waals surface area contributed by atoms with Gasteiger partial charge in [0.25, 0.3) is 5.91 Å². The van der Waals surface area contributed by atoms with Crippen LogP contribution < -0.4 is 15.4 Å². The zero-order valence-corrected chi connectivity index (χ0v) is 15.9. The van der Waals surface area contributed by atoms with Crippen LogP contribution in [0.4, 0.5) is 4.79 Å². The summed E-state index contributed by atoms with van der Waals surface area (Å²) in [6, 6.07) is 16.0. The smallest absolute Gasteiger partial charge is 0.321 e. The number of nitrogens with one attached hydrogen (secondary N) is 2. The van der Waals surface area contributed by atoms with E-state index in [1.807, 2.05) is 54.6 Å². The summed E-state index contributed by atoms with van der Waals surface area (Å²) in [4.78, 5) is 35.8. The van der Waals surface area contributed by atoms with Gasteiger partial charge in [0.2, 0.25) is 0 Å². The molecule has 148 valence electrons. The van der Waals surface area contributed by atoms with E-state index in [0.29, 0.717) is 12.2 Å². The van der Waals surface area contributed by atoms with Crippen molar-refractivity contribution in [2.75, 3.05) is 7.11 Å². The van der Waals surface area contributed by atoms with Crippen LogP contribution in [0, 0.1) is 0 Å². The number of urea groups is 1. The second kappa shape index (κ2) is 10.7. The van der Waals surface area contributed by atoms with Gasteiger partial charge in [0.1, 0.15) is 5.75 Å². The van der Waals surface area contributed by atoms with Crippen molar-refractivity contribution in [3.8, 4) is 5.75 Å². The molecule has 7 nitrogen and oxygen atoms in total. The summed E-state index contributed by atoms with van der Waals surface area (Å²) < 4.78 is 10.3. The fourth-order valence-corrected chi connectivity index (χ4v) is 2.49. The van der Waals surface area contributed by atoms with Gasteiger partial charge in [0.05, 0.1) is 7.11 Å². The van der Waals surface area contributed by atoms with E-state index in [1.165, 1.54) is 6.92 Å². The minimum absolute atomic E-state index is 0.0954. The molecule has 2 aromatic rings. The van der Waals surface area contributed by atoms with Gasteiger partial charge in [-0.05, 0) is 30.5 Å². The van der Waals surface area contributed by atoms with Crippen LogP contribution in [-0.4, -0.2) is 31.1 Å². The number of benzene rings is 2. The molecule has 0 aliphatic carbocycles. The maximum atomic E-state index is 12.0. The number of amides is 3. The number of hydrogen-bond acceptors (Lipinski definition) is 5. The number of methoxy groups -OCH3 is 1. The van der Waals surface area contributed by atoms with Gasteiger partial charge in [-0.15, -0.1) is 0 Å². The molecule has 0 fully saturated rings. The summed E-state index contributed by atoms with van der Waals surface area (Å²) in [5, 5.41) is 4.73. The van der Waals surface area contributed by atoms with Crippen LogP contribution in [0.3, 0.4) is 0 Å². The second-order valence-corrected chi connectivity index (χ2v) is 6.10. The number of ether oxygens (including phenoxy) is 2. The number of rotatable bonds is 8. The quantitative estimate of drug-likeness (QED) is 0.683. The monoisotopic (exact) mass is 384 g/mol. The van der Waals surface area contributed by atoms with Crippen LogP contribution >= 0.6 is 0 Å². The first-order valence-corrected chi connectivity index (χ1v) is 8.93. The lowest BCUT2D eigenvalue weighted by molar-refractivity contribution is -0.154. The van der Waals surface area contributed by atoms with Crippen molar-refractivity contribution in [2.24, 2.45) is 0 Å². The molecule has 0 heterocycles. The average molecular weight is 384 g/mol. The molecular formula is C21H24N2O5. The minimum Gasteiger partial charge on any atom is -0.496 e. The Morgan fingerprint density at radius 3 is 2.39 bits per heavy atom.